The van der Waals surface area contributed by atoms with E-state index in [9.17, 15) is 5.11 Å². The van der Waals surface area contributed by atoms with Crippen LogP contribution < -0.4 is 0 Å². The summed E-state index contributed by atoms with van der Waals surface area (Å²) in [6.45, 7) is 4.73. The van der Waals surface area contributed by atoms with Gasteiger partial charge in [0, 0.05) is 5.41 Å². The molecule has 0 saturated heterocycles. The first-order valence-corrected chi connectivity index (χ1v) is 8.45. The van der Waals surface area contributed by atoms with Gasteiger partial charge in [-0.1, -0.05) is 89.1 Å². The Hall–Kier alpha value is -0.820. The minimum atomic E-state index is -0.0231. The molecule has 114 valence electrons. The van der Waals surface area contributed by atoms with Gasteiger partial charge in [-0.15, -0.1) is 0 Å². The summed E-state index contributed by atoms with van der Waals surface area (Å²) in [7, 11) is 0. The Labute approximate surface area is 125 Å². The van der Waals surface area contributed by atoms with E-state index in [-0.39, 0.29) is 12.0 Å². The van der Waals surface area contributed by atoms with E-state index >= 15 is 0 Å². The molecule has 0 aliphatic heterocycles. The summed E-state index contributed by atoms with van der Waals surface area (Å²) in [6, 6.07) is 10.6. The first-order valence-electron chi connectivity index (χ1n) is 8.45. The molecule has 0 radical (unpaired) electrons. The SMILES string of the molecule is CCCCCCCCCC(CC)(CO)c1ccccc1. The molecule has 0 aliphatic carbocycles. The molecule has 0 bridgehead atoms. The predicted octanol–water partition coefficient (Wildman–Crippen LogP) is 5.47. The number of unbranched alkanes of at least 4 members (excludes halogenated alkanes) is 6. The van der Waals surface area contributed by atoms with Gasteiger partial charge in [0.05, 0.1) is 6.61 Å². The molecule has 1 aromatic rings. The van der Waals surface area contributed by atoms with Gasteiger partial charge < -0.3 is 5.11 Å². The molecule has 1 atom stereocenters. The van der Waals surface area contributed by atoms with Crippen molar-refractivity contribution in [1.82, 2.24) is 0 Å². The quantitative estimate of drug-likeness (QED) is 0.531. The fourth-order valence-corrected chi connectivity index (χ4v) is 3.02. The Bertz CT molecular complexity index is 327. The lowest BCUT2D eigenvalue weighted by molar-refractivity contribution is 0.175. The molecule has 0 aliphatic rings. The third kappa shape index (κ3) is 5.28. The van der Waals surface area contributed by atoms with Crippen molar-refractivity contribution in [2.45, 2.75) is 77.0 Å². The molecule has 20 heavy (non-hydrogen) atoms. The third-order valence-corrected chi connectivity index (χ3v) is 4.62. The van der Waals surface area contributed by atoms with Crippen molar-refractivity contribution in [3.63, 3.8) is 0 Å². The number of hydrogen-bond donors (Lipinski definition) is 1. The Morgan fingerprint density at radius 3 is 2.00 bits per heavy atom. The Balaban J connectivity index is 2.40. The summed E-state index contributed by atoms with van der Waals surface area (Å²) in [4.78, 5) is 0. The zero-order chi connectivity index (χ0) is 14.7. The summed E-state index contributed by atoms with van der Waals surface area (Å²) in [5.41, 5.74) is 1.28. The van der Waals surface area contributed by atoms with E-state index in [0.29, 0.717) is 0 Å². The van der Waals surface area contributed by atoms with Crippen LogP contribution in [0.15, 0.2) is 30.3 Å². The van der Waals surface area contributed by atoms with Gasteiger partial charge in [0.15, 0.2) is 0 Å². The number of aliphatic hydroxyl groups is 1. The molecule has 0 amide bonds. The van der Waals surface area contributed by atoms with Crippen LogP contribution in [0, 0.1) is 0 Å². The zero-order valence-corrected chi connectivity index (χ0v) is 13.4. The maximum Gasteiger partial charge on any atom is 0.0527 e. The van der Waals surface area contributed by atoms with Crippen LogP contribution in [0.1, 0.15) is 77.2 Å². The average Bonchev–Trinajstić information content (AvgIpc) is 2.52. The van der Waals surface area contributed by atoms with E-state index in [0.717, 1.165) is 12.8 Å². The molecule has 1 aromatic carbocycles. The molecule has 0 saturated carbocycles. The molecule has 1 unspecified atom stereocenters. The highest BCUT2D eigenvalue weighted by Crippen LogP contribution is 2.33. The molecule has 1 heteroatoms. The van der Waals surface area contributed by atoms with Gasteiger partial charge >= 0.3 is 0 Å². The average molecular weight is 276 g/mol. The van der Waals surface area contributed by atoms with Gasteiger partial charge in [-0.05, 0) is 18.4 Å². The van der Waals surface area contributed by atoms with Gasteiger partial charge in [-0.3, -0.25) is 0 Å². The lowest BCUT2D eigenvalue weighted by Gasteiger charge is -2.31. The van der Waals surface area contributed by atoms with Gasteiger partial charge in [0.2, 0.25) is 0 Å². The molecule has 0 fully saturated rings. The highest BCUT2D eigenvalue weighted by atomic mass is 16.3. The summed E-state index contributed by atoms with van der Waals surface area (Å²) >= 11 is 0. The number of rotatable bonds is 11. The summed E-state index contributed by atoms with van der Waals surface area (Å²) < 4.78 is 0. The lowest BCUT2D eigenvalue weighted by atomic mass is 9.75. The topological polar surface area (TPSA) is 20.2 Å². The first-order chi connectivity index (χ1) is 9.79. The second-order valence-corrected chi connectivity index (χ2v) is 6.03. The van der Waals surface area contributed by atoms with E-state index in [1.807, 2.05) is 0 Å². The summed E-state index contributed by atoms with van der Waals surface area (Å²) in [5, 5.41) is 9.90. The van der Waals surface area contributed by atoms with Crippen molar-refractivity contribution >= 4 is 0 Å². The van der Waals surface area contributed by atoms with Gasteiger partial charge in [0.1, 0.15) is 0 Å². The van der Waals surface area contributed by atoms with Crippen molar-refractivity contribution in [2.75, 3.05) is 6.61 Å². The van der Waals surface area contributed by atoms with Crippen LogP contribution in [0.4, 0.5) is 0 Å². The van der Waals surface area contributed by atoms with Crippen LogP contribution in [-0.4, -0.2) is 11.7 Å². The molecule has 1 rings (SSSR count). The maximum atomic E-state index is 9.90. The van der Waals surface area contributed by atoms with E-state index in [4.69, 9.17) is 0 Å². The monoisotopic (exact) mass is 276 g/mol. The summed E-state index contributed by atoms with van der Waals surface area (Å²) in [6.07, 6.45) is 11.5. The smallest absolute Gasteiger partial charge is 0.0527 e. The van der Waals surface area contributed by atoms with Crippen LogP contribution in [-0.2, 0) is 5.41 Å². The normalized spacial score (nSPS) is 14.2. The summed E-state index contributed by atoms with van der Waals surface area (Å²) in [5.74, 6) is 0. The van der Waals surface area contributed by atoms with Crippen LogP contribution in [0.3, 0.4) is 0 Å². The van der Waals surface area contributed by atoms with Crippen LogP contribution in [0.25, 0.3) is 0 Å². The van der Waals surface area contributed by atoms with E-state index < -0.39 is 0 Å². The van der Waals surface area contributed by atoms with Crippen molar-refractivity contribution in [2.24, 2.45) is 0 Å². The van der Waals surface area contributed by atoms with Crippen LogP contribution in [0.2, 0.25) is 0 Å². The van der Waals surface area contributed by atoms with Crippen molar-refractivity contribution in [1.29, 1.82) is 0 Å². The van der Waals surface area contributed by atoms with E-state index in [1.165, 1.54) is 50.5 Å². The molecule has 0 spiro atoms. The van der Waals surface area contributed by atoms with Gasteiger partial charge in [0.25, 0.3) is 0 Å². The van der Waals surface area contributed by atoms with Crippen LogP contribution in [0.5, 0.6) is 0 Å². The lowest BCUT2D eigenvalue weighted by Crippen LogP contribution is -2.29. The number of hydrogen-bond acceptors (Lipinski definition) is 1. The van der Waals surface area contributed by atoms with Crippen LogP contribution >= 0.6 is 0 Å². The number of aliphatic hydroxyl groups excluding tert-OH is 1. The Kier molecular flexibility index (Phi) is 8.60. The van der Waals surface area contributed by atoms with E-state index in [2.05, 4.69) is 44.2 Å². The van der Waals surface area contributed by atoms with E-state index in [1.54, 1.807) is 0 Å². The highest BCUT2D eigenvalue weighted by Gasteiger charge is 2.28. The van der Waals surface area contributed by atoms with Gasteiger partial charge in [-0.2, -0.15) is 0 Å². The minimum Gasteiger partial charge on any atom is -0.395 e. The predicted molar refractivity (Wildman–Crippen MR) is 88.1 cm³/mol. The Morgan fingerprint density at radius 1 is 0.850 bits per heavy atom. The molecule has 0 heterocycles. The third-order valence-electron chi connectivity index (χ3n) is 4.62. The molecule has 1 N–H and O–H groups in total. The van der Waals surface area contributed by atoms with Crippen molar-refractivity contribution in [3.8, 4) is 0 Å². The molecule has 1 nitrogen and oxygen atoms in total. The fraction of sp³-hybridized carbons (Fsp3) is 0.684. The van der Waals surface area contributed by atoms with Crippen molar-refractivity contribution < 1.29 is 5.11 Å². The Morgan fingerprint density at radius 2 is 1.45 bits per heavy atom. The second kappa shape index (κ2) is 9.99. The van der Waals surface area contributed by atoms with Crippen molar-refractivity contribution in [3.05, 3.63) is 35.9 Å². The minimum absolute atomic E-state index is 0.0231. The largest absolute Gasteiger partial charge is 0.395 e. The molecule has 0 aromatic heterocycles. The first kappa shape index (κ1) is 17.2. The number of benzene rings is 1. The van der Waals surface area contributed by atoms with Gasteiger partial charge in [-0.25, -0.2) is 0 Å². The molecular formula is C19H32O. The second-order valence-electron chi connectivity index (χ2n) is 6.03. The fourth-order valence-electron chi connectivity index (χ4n) is 3.02. The maximum absolute atomic E-state index is 9.90. The molecular weight excluding hydrogens is 244 g/mol. The highest BCUT2D eigenvalue weighted by molar-refractivity contribution is 5.25. The standard InChI is InChI=1S/C19H32O/c1-3-5-6-7-8-9-13-16-19(4-2,17-20)18-14-11-10-12-15-18/h10-12,14-15,20H,3-9,13,16-17H2,1-2H3. The zero-order valence-electron chi connectivity index (χ0n) is 13.4.